The first-order valence-corrected chi connectivity index (χ1v) is 10.2. The van der Waals surface area contributed by atoms with Crippen LogP contribution in [0, 0.1) is 6.92 Å². The van der Waals surface area contributed by atoms with Crippen LogP contribution in [0.25, 0.3) is 10.9 Å². The van der Waals surface area contributed by atoms with Crippen molar-refractivity contribution in [3.05, 3.63) is 59.3 Å². The van der Waals surface area contributed by atoms with Crippen LogP contribution in [-0.2, 0) is 30.1 Å². The zero-order chi connectivity index (χ0) is 19.3. The third-order valence-electron chi connectivity index (χ3n) is 6.61. The van der Waals surface area contributed by atoms with Crippen LogP contribution in [0.3, 0.4) is 0 Å². The van der Waals surface area contributed by atoms with E-state index in [0.717, 1.165) is 50.2 Å². The molecule has 2 aliphatic rings. The van der Waals surface area contributed by atoms with Crippen LogP contribution in [-0.4, -0.2) is 38.4 Å². The lowest BCUT2D eigenvalue weighted by Gasteiger charge is -2.40. The first kappa shape index (κ1) is 17.4. The van der Waals surface area contributed by atoms with Crippen LogP contribution in [0.1, 0.15) is 41.9 Å². The summed E-state index contributed by atoms with van der Waals surface area (Å²) in [5.41, 5.74) is 4.79. The number of aryl methyl sites for hydroxylation is 3. The van der Waals surface area contributed by atoms with E-state index in [1.54, 1.807) is 0 Å². The van der Waals surface area contributed by atoms with Gasteiger partial charge in [0.2, 0.25) is 5.91 Å². The second-order valence-electron chi connectivity index (χ2n) is 8.45. The number of aromatic nitrogens is 3. The predicted molar refractivity (Wildman–Crippen MR) is 109 cm³/mol. The first-order valence-electron chi connectivity index (χ1n) is 10.2. The molecule has 0 bridgehead atoms. The van der Waals surface area contributed by atoms with Crippen molar-refractivity contribution in [1.82, 2.24) is 19.4 Å². The zero-order valence-corrected chi connectivity index (χ0v) is 16.6. The average Bonchev–Trinajstić information content (AvgIpc) is 3.20. The molecular weight excluding hydrogens is 348 g/mol. The molecule has 1 amide bonds. The van der Waals surface area contributed by atoms with Crippen molar-refractivity contribution >= 4 is 16.8 Å². The van der Waals surface area contributed by atoms with Crippen molar-refractivity contribution in [1.29, 1.82) is 0 Å². The number of benzene rings is 1. The highest BCUT2D eigenvalue weighted by molar-refractivity contribution is 5.89. The largest absolute Gasteiger partial charge is 0.350 e. The van der Waals surface area contributed by atoms with Crippen molar-refractivity contribution in [2.75, 3.05) is 13.1 Å². The number of nitrogens with zero attached hydrogens (tertiary/aromatic N) is 4. The Balaban J connectivity index is 1.40. The summed E-state index contributed by atoms with van der Waals surface area (Å²) in [5.74, 6) is 1.06. The summed E-state index contributed by atoms with van der Waals surface area (Å²) < 4.78 is 2.11. The van der Waals surface area contributed by atoms with Crippen LogP contribution >= 0.6 is 0 Å². The molecule has 1 aliphatic heterocycles. The molecule has 5 nitrogen and oxygen atoms in total. The molecule has 1 saturated heterocycles. The van der Waals surface area contributed by atoms with E-state index < -0.39 is 0 Å². The van der Waals surface area contributed by atoms with Crippen molar-refractivity contribution in [2.45, 2.75) is 44.4 Å². The van der Waals surface area contributed by atoms with Gasteiger partial charge in [-0.05, 0) is 49.8 Å². The van der Waals surface area contributed by atoms with Gasteiger partial charge in [0.15, 0.2) is 0 Å². The van der Waals surface area contributed by atoms with Crippen LogP contribution < -0.4 is 0 Å². The number of fused-ring (bicyclic) bond motifs is 3. The quantitative estimate of drug-likeness (QED) is 0.691. The minimum Gasteiger partial charge on any atom is -0.350 e. The van der Waals surface area contributed by atoms with Gasteiger partial charge in [0.25, 0.3) is 0 Å². The smallest absolute Gasteiger partial charge is 0.227 e. The summed E-state index contributed by atoms with van der Waals surface area (Å²) in [4.78, 5) is 24.5. The Kier molecular flexibility index (Phi) is 4.00. The molecule has 1 unspecified atom stereocenters. The molecule has 1 aliphatic carbocycles. The number of para-hydroxylation sites is 1. The molecule has 3 heterocycles. The topological polar surface area (TPSA) is 51.0 Å². The van der Waals surface area contributed by atoms with Crippen molar-refractivity contribution in [2.24, 2.45) is 7.05 Å². The maximum atomic E-state index is 13.2. The van der Waals surface area contributed by atoms with Crippen LogP contribution in [0.4, 0.5) is 0 Å². The molecule has 0 saturated carbocycles. The molecule has 144 valence electrons. The standard InChI is InChI=1S/C23H26N4O/c1-16-24-13-17-8-10-23(22(17)25-16)9-5-11-27(15-23)21(28)12-18-14-26(2)20-7-4-3-6-19(18)20/h3-4,6-7,13-14H,5,8-12,15H2,1-2H3. The van der Waals surface area contributed by atoms with Crippen LogP contribution in [0.5, 0.6) is 0 Å². The highest BCUT2D eigenvalue weighted by atomic mass is 16.2. The molecule has 0 N–H and O–H groups in total. The van der Waals surface area contributed by atoms with E-state index in [-0.39, 0.29) is 11.3 Å². The third kappa shape index (κ3) is 2.72. The van der Waals surface area contributed by atoms with Gasteiger partial charge in [0.05, 0.1) is 12.1 Å². The number of amides is 1. The van der Waals surface area contributed by atoms with Crippen LogP contribution in [0.2, 0.25) is 0 Å². The third-order valence-corrected chi connectivity index (χ3v) is 6.61. The fraction of sp³-hybridized carbons (Fsp3) is 0.435. The fourth-order valence-electron chi connectivity index (χ4n) is 5.21. The Hall–Kier alpha value is -2.69. The van der Waals surface area contributed by atoms with Gasteiger partial charge in [-0.1, -0.05) is 18.2 Å². The molecule has 28 heavy (non-hydrogen) atoms. The summed E-state index contributed by atoms with van der Waals surface area (Å²) in [6, 6.07) is 8.31. The second-order valence-corrected chi connectivity index (χ2v) is 8.45. The number of hydrogen-bond acceptors (Lipinski definition) is 3. The molecule has 1 spiro atoms. The molecule has 1 aromatic carbocycles. The van der Waals surface area contributed by atoms with Gasteiger partial charge in [-0.15, -0.1) is 0 Å². The molecule has 0 radical (unpaired) electrons. The van der Waals surface area contributed by atoms with E-state index >= 15 is 0 Å². The SMILES string of the molecule is Cc1ncc2c(n1)C1(CCCN(C(=O)Cc3cn(C)c4ccccc34)C1)CC2. The number of rotatable bonds is 2. The lowest BCUT2D eigenvalue weighted by Crippen LogP contribution is -2.48. The van der Waals surface area contributed by atoms with Gasteiger partial charge in [0.1, 0.15) is 5.82 Å². The summed E-state index contributed by atoms with van der Waals surface area (Å²) in [7, 11) is 2.05. The Morgan fingerprint density at radius 1 is 1.25 bits per heavy atom. The molecular formula is C23H26N4O. The minimum atomic E-state index is 0.0235. The van der Waals surface area contributed by atoms with E-state index in [9.17, 15) is 4.79 Å². The Labute approximate surface area is 165 Å². The van der Waals surface area contributed by atoms with E-state index in [1.165, 1.54) is 22.2 Å². The maximum Gasteiger partial charge on any atom is 0.227 e. The first-order chi connectivity index (χ1) is 13.6. The van der Waals surface area contributed by atoms with Crippen molar-refractivity contribution in [3.8, 4) is 0 Å². The monoisotopic (exact) mass is 374 g/mol. The van der Waals surface area contributed by atoms with Gasteiger partial charge in [-0.2, -0.15) is 0 Å². The van der Waals surface area contributed by atoms with Crippen LogP contribution in [0.15, 0.2) is 36.7 Å². The van der Waals surface area contributed by atoms with E-state index in [1.807, 2.05) is 32.3 Å². The number of hydrogen-bond donors (Lipinski definition) is 0. The predicted octanol–water partition coefficient (Wildman–Crippen LogP) is 3.33. The lowest BCUT2D eigenvalue weighted by molar-refractivity contribution is -0.132. The van der Waals surface area contributed by atoms with Gasteiger partial charge in [-0.25, -0.2) is 9.97 Å². The molecule has 1 fully saturated rings. The average molecular weight is 374 g/mol. The Morgan fingerprint density at radius 3 is 3.00 bits per heavy atom. The Bertz CT molecular complexity index is 1070. The number of carbonyl (C=O) groups excluding carboxylic acids is 1. The van der Waals surface area contributed by atoms with E-state index in [4.69, 9.17) is 4.98 Å². The van der Waals surface area contributed by atoms with Gasteiger partial charge in [-0.3, -0.25) is 4.79 Å². The van der Waals surface area contributed by atoms with E-state index in [2.05, 4.69) is 32.8 Å². The van der Waals surface area contributed by atoms with Gasteiger partial charge < -0.3 is 9.47 Å². The Morgan fingerprint density at radius 2 is 2.11 bits per heavy atom. The second kappa shape index (κ2) is 6.43. The van der Waals surface area contributed by atoms with Crippen molar-refractivity contribution in [3.63, 3.8) is 0 Å². The highest BCUT2D eigenvalue weighted by Gasteiger charge is 2.44. The summed E-state index contributed by atoms with van der Waals surface area (Å²) >= 11 is 0. The number of likely N-dealkylation sites (tertiary alicyclic amines) is 1. The summed E-state index contributed by atoms with van der Waals surface area (Å²) in [6.45, 7) is 3.60. The molecule has 1 atom stereocenters. The fourth-order valence-corrected chi connectivity index (χ4v) is 5.21. The minimum absolute atomic E-state index is 0.0235. The molecule has 3 aromatic rings. The summed E-state index contributed by atoms with van der Waals surface area (Å²) in [5, 5.41) is 1.18. The van der Waals surface area contributed by atoms with E-state index in [0.29, 0.717) is 6.42 Å². The van der Waals surface area contributed by atoms with Gasteiger partial charge >= 0.3 is 0 Å². The highest BCUT2D eigenvalue weighted by Crippen LogP contribution is 2.43. The molecule has 5 rings (SSSR count). The summed E-state index contributed by atoms with van der Waals surface area (Å²) in [6.07, 6.45) is 8.83. The number of carbonyl (C=O) groups is 1. The number of piperidine rings is 1. The maximum absolute atomic E-state index is 13.2. The lowest BCUT2D eigenvalue weighted by atomic mass is 9.77. The van der Waals surface area contributed by atoms with Gasteiger partial charge in [0, 0.05) is 48.8 Å². The molecule has 5 heteroatoms. The normalized spacial score (nSPS) is 21.4. The zero-order valence-electron chi connectivity index (χ0n) is 16.6. The van der Waals surface area contributed by atoms with Crippen molar-refractivity contribution < 1.29 is 4.79 Å². The molecule has 2 aromatic heterocycles.